The van der Waals surface area contributed by atoms with Gasteiger partial charge in [-0.05, 0) is 6.42 Å². The first-order valence-electron chi connectivity index (χ1n) is 4.88. The Bertz CT molecular complexity index is 374. The largest absolute Gasteiger partial charge is 0.468 e. The molecule has 0 bridgehead atoms. The summed E-state index contributed by atoms with van der Waals surface area (Å²) in [6.07, 6.45) is 1.74. The van der Waals surface area contributed by atoms with Gasteiger partial charge >= 0.3 is 5.97 Å². The van der Waals surface area contributed by atoms with Crippen LogP contribution in [0.1, 0.15) is 19.2 Å². The molecule has 6 heteroatoms. The molecule has 1 aromatic heterocycles. The van der Waals surface area contributed by atoms with Crippen LogP contribution in [0.3, 0.4) is 0 Å². The summed E-state index contributed by atoms with van der Waals surface area (Å²) in [7, 11) is 1.36. The van der Waals surface area contributed by atoms with Gasteiger partial charge in [-0.3, -0.25) is 4.79 Å². The first-order chi connectivity index (χ1) is 7.65. The number of nitrogens with zero attached hydrogens (tertiary/aromatic N) is 2. The van der Waals surface area contributed by atoms with Crippen molar-refractivity contribution in [1.82, 2.24) is 9.97 Å². The van der Waals surface area contributed by atoms with Crippen molar-refractivity contribution in [2.45, 2.75) is 24.8 Å². The van der Waals surface area contributed by atoms with Gasteiger partial charge in [0.05, 0.1) is 12.9 Å². The molecule has 0 aromatic carbocycles. The number of thioether (sulfide) groups is 1. The number of methoxy groups -OCH3 is 1. The molecule has 0 aliphatic carbocycles. The van der Waals surface area contributed by atoms with E-state index in [0.717, 1.165) is 12.8 Å². The van der Waals surface area contributed by atoms with Gasteiger partial charge < -0.3 is 4.74 Å². The van der Waals surface area contributed by atoms with Crippen molar-refractivity contribution in [3.63, 3.8) is 0 Å². The second-order valence-corrected chi connectivity index (χ2v) is 4.44. The van der Waals surface area contributed by atoms with Gasteiger partial charge in [0.15, 0.2) is 0 Å². The lowest BCUT2D eigenvalue weighted by Crippen LogP contribution is -2.04. The van der Waals surface area contributed by atoms with Crippen molar-refractivity contribution in [1.29, 1.82) is 0 Å². The van der Waals surface area contributed by atoms with Crippen molar-refractivity contribution in [3.8, 4) is 0 Å². The number of hydrogen-bond acceptors (Lipinski definition) is 5. The number of carbonyl (C=O) groups is 1. The Morgan fingerprint density at radius 3 is 2.94 bits per heavy atom. The molecule has 1 rings (SSSR count). The van der Waals surface area contributed by atoms with Gasteiger partial charge in [-0.2, -0.15) is 0 Å². The van der Waals surface area contributed by atoms with Gasteiger partial charge in [0.1, 0.15) is 16.0 Å². The van der Waals surface area contributed by atoms with Crippen LogP contribution < -0.4 is 0 Å². The van der Waals surface area contributed by atoms with E-state index in [1.165, 1.54) is 18.9 Å². The van der Waals surface area contributed by atoms with Crippen molar-refractivity contribution in [2.75, 3.05) is 12.9 Å². The van der Waals surface area contributed by atoms with Gasteiger partial charge in [-0.15, -0.1) is 0 Å². The zero-order valence-corrected chi connectivity index (χ0v) is 10.8. The molecule has 0 atom stereocenters. The average Bonchev–Trinajstić information content (AvgIpc) is 2.25. The van der Waals surface area contributed by atoms with E-state index < -0.39 is 0 Å². The van der Waals surface area contributed by atoms with E-state index in [0.29, 0.717) is 16.0 Å². The minimum atomic E-state index is -0.281. The first-order valence-corrected chi connectivity index (χ1v) is 6.25. The predicted molar refractivity (Wildman–Crippen MR) is 63.8 cm³/mol. The third kappa shape index (κ3) is 4.37. The molecule has 0 amide bonds. The van der Waals surface area contributed by atoms with Crippen LogP contribution in [-0.4, -0.2) is 28.8 Å². The molecule has 0 fully saturated rings. The maximum atomic E-state index is 11.0. The Labute approximate surface area is 104 Å². The van der Waals surface area contributed by atoms with E-state index in [1.807, 2.05) is 6.92 Å². The van der Waals surface area contributed by atoms with Crippen molar-refractivity contribution in [3.05, 3.63) is 17.0 Å². The third-order valence-corrected chi connectivity index (χ3v) is 2.84. The maximum Gasteiger partial charge on any atom is 0.316 e. The molecule has 0 N–H and O–H groups in total. The van der Waals surface area contributed by atoms with Gasteiger partial charge in [0, 0.05) is 12.5 Å². The Balaban J connectivity index is 2.68. The molecule has 0 saturated carbocycles. The number of aromatic nitrogens is 2. The lowest BCUT2D eigenvalue weighted by molar-refractivity contribution is -0.137. The van der Waals surface area contributed by atoms with E-state index >= 15 is 0 Å². The Hall–Kier alpha value is -0.810. The van der Waals surface area contributed by atoms with Crippen LogP contribution in [0.25, 0.3) is 0 Å². The average molecular weight is 261 g/mol. The van der Waals surface area contributed by atoms with E-state index in [1.54, 1.807) is 6.07 Å². The summed E-state index contributed by atoms with van der Waals surface area (Å²) in [5.41, 5.74) is 0. The molecule has 0 spiro atoms. The second-order valence-electron chi connectivity index (χ2n) is 3.06. The van der Waals surface area contributed by atoms with Crippen LogP contribution in [0.15, 0.2) is 11.1 Å². The van der Waals surface area contributed by atoms with Gasteiger partial charge in [0.25, 0.3) is 0 Å². The van der Waals surface area contributed by atoms with E-state index in [2.05, 4.69) is 14.7 Å². The summed E-state index contributed by atoms with van der Waals surface area (Å²) < 4.78 is 4.54. The van der Waals surface area contributed by atoms with Crippen LogP contribution in [-0.2, 0) is 16.0 Å². The number of ether oxygens (including phenoxy) is 1. The quantitative estimate of drug-likeness (QED) is 0.462. The molecular weight excluding hydrogens is 248 g/mol. The molecule has 4 nitrogen and oxygen atoms in total. The molecule has 0 radical (unpaired) electrons. The smallest absolute Gasteiger partial charge is 0.316 e. The highest BCUT2D eigenvalue weighted by atomic mass is 35.5. The summed E-state index contributed by atoms with van der Waals surface area (Å²) in [6.45, 7) is 2.05. The van der Waals surface area contributed by atoms with E-state index in [-0.39, 0.29) is 11.7 Å². The summed E-state index contributed by atoms with van der Waals surface area (Å²) in [4.78, 5) is 19.3. The van der Waals surface area contributed by atoms with Crippen LogP contribution >= 0.6 is 23.4 Å². The molecule has 16 heavy (non-hydrogen) atoms. The highest BCUT2D eigenvalue weighted by molar-refractivity contribution is 7.99. The van der Waals surface area contributed by atoms with Crippen LogP contribution in [0.2, 0.25) is 5.15 Å². The van der Waals surface area contributed by atoms with Crippen molar-refractivity contribution in [2.24, 2.45) is 0 Å². The molecule has 0 aliphatic heterocycles. The second kappa shape index (κ2) is 6.70. The molecule has 1 heterocycles. The van der Waals surface area contributed by atoms with Crippen LogP contribution in [0.4, 0.5) is 0 Å². The summed E-state index contributed by atoms with van der Waals surface area (Å²) in [6, 6.07) is 1.65. The number of hydrogen-bond donors (Lipinski definition) is 0. The zero-order valence-electron chi connectivity index (χ0n) is 9.20. The van der Waals surface area contributed by atoms with Crippen molar-refractivity contribution < 1.29 is 9.53 Å². The fraction of sp³-hybridized carbons (Fsp3) is 0.500. The highest BCUT2D eigenvalue weighted by Crippen LogP contribution is 2.19. The number of esters is 1. The normalized spacial score (nSPS) is 10.2. The monoisotopic (exact) mass is 260 g/mol. The van der Waals surface area contributed by atoms with Gasteiger partial charge in [-0.25, -0.2) is 9.97 Å². The van der Waals surface area contributed by atoms with Crippen LogP contribution in [0.5, 0.6) is 0 Å². The molecule has 0 saturated heterocycles. The third-order valence-electron chi connectivity index (χ3n) is 1.76. The predicted octanol–water partition coefficient (Wildman–Crippen LogP) is 2.35. The van der Waals surface area contributed by atoms with Crippen molar-refractivity contribution >= 4 is 29.3 Å². The Morgan fingerprint density at radius 2 is 2.31 bits per heavy atom. The number of rotatable bonds is 5. The maximum absolute atomic E-state index is 11.0. The standard InChI is InChI=1S/C10H13ClN2O2S/c1-3-4-8-12-7(11)5-9(13-8)16-6-10(14)15-2/h5H,3-4,6H2,1-2H3. The lowest BCUT2D eigenvalue weighted by Gasteiger charge is -2.03. The van der Waals surface area contributed by atoms with Crippen LogP contribution in [0, 0.1) is 0 Å². The number of carbonyl (C=O) groups excluding carboxylic acids is 1. The summed E-state index contributed by atoms with van der Waals surface area (Å²) >= 11 is 7.15. The van der Waals surface area contributed by atoms with Gasteiger partial charge in [0.2, 0.25) is 0 Å². The minimum absolute atomic E-state index is 0.232. The van der Waals surface area contributed by atoms with Gasteiger partial charge in [-0.1, -0.05) is 30.3 Å². The molecule has 0 aliphatic rings. The zero-order chi connectivity index (χ0) is 12.0. The van der Waals surface area contributed by atoms with E-state index in [9.17, 15) is 4.79 Å². The summed E-state index contributed by atoms with van der Waals surface area (Å²) in [5, 5.41) is 1.11. The number of aryl methyl sites for hydroxylation is 1. The lowest BCUT2D eigenvalue weighted by atomic mass is 10.3. The summed E-state index contributed by atoms with van der Waals surface area (Å²) in [5.74, 6) is 0.661. The fourth-order valence-corrected chi connectivity index (χ4v) is 2.06. The SMILES string of the molecule is CCCc1nc(Cl)cc(SCC(=O)OC)n1. The topological polar surface area (TPSA) is 52.1 Å². The van der Waals surface area contributed by atoms with E-state index in [4.69, 9.17) is 11.6 Å². The molecule has 0 unspecified atom stereocenters. The minimum Gasteiger partial charge on any atom is -0.468 e. The highest BCUT2D eigenvalue weighted by Gasteiger charge is 2.06. The Morgan fingerprint density at radius 1 is 1.56 bits per heavy atom. The number of halogens is 1. The Kier molecular flexibility index (Phi) is 5.55. The molecule has 1 aromatic rings. The molecule has 88 valence electrons. The first kappa shape index (κ1) is 13.3. The fourth-order valence-electron chi connectivity index (χ4n) is 1.04. The molecular formula is C10H13ClN2O2S.